The van der Waals surface area contributed by atoms with E-state index in [9.17, 15) is 14.7 Å². The van der Waals surface area contributed by atoms with E-state index in [1.165, 1.54) is 0 Å². The van der Waals surface area contributed by atoms with Crippen LogP contribution in [0.4, 0.5) is 5.69 Å². The Bertz CT molecular complexity index is 1030. The van der Waals surface area contributed by atoms with Crippen molar-refractivity contribution >= 4 is 17.5 Å². The largest absolute Gasteiger partial charge is 0.509 e. The lowest BCUT2D eigenvalue weighted by Gasteiger charge is -2.10. The molecule has 28 heavy (non-hydrogen) atoms. The van der Waals surface area contributed by atoms with Crippen LogP contribution >= 0.6 is 0 Å². The van der Waals surface area contributed by atoms with Crippen LogP contribution in [-0.4, -0.2) is 32.5 Å². The van der Waals surface area contributed by atoms with Gasteiger partial charge in [-0.1, -0.05) is 30.3 Å². The third kappa shape index (κ3) is 3.50. The molecule has 3 N–H and O–H groups in total. The molecule has 7 heteroatoms. The minimum Gasteiger partial charge on any atom is -0.509 e. The Labute approximate surface area is 161 Å². The predicted octanol–water partition coefficient (Wildman–Crippen LogP) is 2.36. The van der Waals surface area contributed by atoms with Crippen LogP contribution in [0.5, 0.6) is 0 Å². The summed E-state index contributed by atoms with van der Waals surface area (Å²) in [5.74, 6) is -1.45. The number of carbonyl (C=O) groups is 2. The van der Waals surface area contributed by atoms with Crippen molar-refractivity contribution in [3.05, 3.63) is 90.2 Å². The molecule has 1 aliphatic heterocycles. The summed E-state index contributed by atoms with van der Waals surface area (Å²) >= 11 is 0. The van der Waals surface area contributed by atoms with E-state index in [4.69, 9.17) is 0 Å². The van der Waals surface area contributed by atoms with E-state index in [1.54, 1.807) is 24.7 Å². The molecule has 2 aromatic carbocycles. The first kappa shape index (κ1) is 17.5. The summed E-state index contributed by atoms with van der Waals surface area (Å²) in [7, 11) is 0. The van der Waals surface area contributed by atoms with Crippen molar-refractivity contribution in [3.63, 3.8) is 0 Å². The number of aromatic nitrogens is 2. The monoisotopic (exact) mass is 374 g/mol. The third-order valence-electron chi connectivity index (χ3n) is 4.56. The number of imidazole rings is 1. The summed E-state index contributed by atoms with van der Waals surface area (Å²) in [5, 5.41) is 15.7. The van der Waals surface area contributed by atoms with Gasteiger partial charge in [-0.05, 0) is 36.2 Å². The van der Waals surface area contributed by atoms with Gasteiger partial charge in [0.1, 0.15) is 11.3 Å². The lowest BCUT2D eigenvalue weighted by Crippen LogP contribution is -2.31. The highest BCUT2D eigenvalue weighted by atomic mass is 16.3. The second kappa shape index (κ2) is 7.40. The highest BCUT2D eigenvalue weighted by Gasteiger charge is 2.36. The highest BCUT2D eigenvalue weighted by molar-refractivity contribution is 6.24. The number of aliphatic hydroxyl groups is 1. The molecule has 2 heterocycles. The molecule has 1 aliphatic rings. The zero-order valence-corrected chi connectivity index (χ0v) is 14.9. The molecule has 1 aromatic heterocycles. The van der Waals surface area contributed by atoms with Crippen LogP contribution in [0.2, 0.25) is 0 Å². The zero-order chi connectivity index (χ0) is 19.5. The minimum atomic E-state index is -0.638. The molecule has 1 atom stereocenters. The third-order valence-corrected chi connectivity index (χ3v) is 4.56. The molecule has 0 spiro atoms. The Morgan fingerprint density at radius 1 is 1.14 bits per heavy atom. The fourth-order valence-electron chi connectivity index (χ4n) is 3.13. The number of nitrogens with zero attached hydrogens (tertiary/aromatic N) is 2. The van der Waals surface area contributed by atoms with Crippen molar-refractivity contribution in [2.75, 3.05) is 5.32 Å². The fourth-order valence-corrected chi connectivity index (χ4v) is 3.13. The molecular formula is C21H18N4O3. The van der Waals surface area contributed by atoms with E-state index in [0.717, 1.165) is 11.3 Å². The van der Waals surface area contributed by atoms with Gasteiger partial charge in [0.05, 0.1) is 12.4 Å². The molecule has 4 rings (SSSR count). The average molecular weight is 374 g/mol. The van der Waals surface area contributed by atoms with Crippen LogP contribution in [-0.2, 0) is 16.0 Å². The summed E-state index contributed by atoms with van der Waals surface area (Å²) in [6.07, 6.45) is 5.57. The normalized spacial score (nSPS) is 16.1. The van der Waals surface area contributed by atoms with Gasteiger partial charge >= 0.3 is 0 Å². The van der Waals surface area contributed by atoms with Gasteiger partial charge in [-0.15, -0.1) is 0 Å². The molecule has 1 unspecified atom stereocenters. The first-order chi connectivity index (χ1) is 13.6. The topological polar surface area (TPSA) is 96.2 Å². The average Bonchev–Trinajstić information content (AvgIpc) is 3.32. The lowest BCUT2D eigenvalue weighted by molar-refractivity contribution is -0.120. The number of amides is 2. The standard InChI is InChI=1S/C21H18N4O3/c26-19-17(12-14-4-2-1-3-5-14)24-21(28)18(19)20(27)23-15-6-8-16(9-7-15)25-11-10-22-13-25/h1-11,13,17,26H,12H2,(H,23,27)(H,24,28). The van der Waals surface area contributed by atoms with Crippen LogP contribution in [0.3, 0.4) is 0 Å². The maximum Gasteiger partial charge on any atom is 0.264 e. The number of hydrogen-bond acceptors (Lipinski definition) is 4. The van der Waals surface area contributed by atoms with Crippen LogP contribution in [0.25, 0.3) is 5.69 Å². The van der Waals surface area contributed by atoms with Gasteiger partial charge in [0, 0.05) is 23.8 Å². The van der Waals surface area contributed by atoms with Gasteiger partial charge in [-0.2, -0.15) is 0 Å². The molecule has 0 saturated heterocycles. The highest BCUT2D eigenvalue weighted by Crippen LogP contribution is 2.21. The van der Waals surface area contributed by atoms with Gasteiger partial charge < -0.3 is 20.3 Å². The quantitative estimate of drug-likeness (QED) is 0.598. The maximum atomic E-state index is 12.5. The van der Waals surface area contributed by atoms with Crippen LogP contribution in [0.15, 0.2) is 84.7 Å². The van der Waals surface area contributed by atoms with E-state index < -0.39 is 17.9 Å². The zero-order valence-electron chi connectivity index (χ0n) is 14.9. The molecule has 0 saturated carbocycles. The van der Waals surface area contributed by atoms with E-state index in [2.05, 4.69) is 15.6 Å². The van der Waals surface area contributed by atoms with Crippen molar-refractivity contribution in [2.24, 2.45) is 0 Å². The number of carbonyl (C=O) groups excluding carboxylic acids is 2. The number of benzene rings is 2. The number of aliphatic hydroxyl groups excluding tert-OH is 1. The van der Waals surface area contributed by atoms with Crippen LogP contribution in [0, 0.1) is 0 Å². The van der Waals surface area contributed by atoms with Crippen molar-refractivity contribution in [2.45, 2.75) is 12.5 Å². The summed E-state index contributed by atoms with van der Waals surface area (Å²) < 4.78 is 1.83. The molecule has 0 fully saturated rings. The van der Waals surface area contributed by atoms with Gasteiger partial charge in [0.2, 0.25) is 0 Å². The van der Waals surface area contributed by atoms with E-state index >= 15 is 0 Å². The van der Waals surface area contributed by atoms with Crippen LogP contribution < -0.4 is 10.6 Å². The lowest BCUT2D eigenvalue weighted by atomic mass is 10.0. The molecule has 7 nitrogen and oxygen atoms in total. The van der Waals surface area contributed by atoms with Crippen molar-refractivity contribution in [1.82, 2.24) is 14.9 Å². The first-order valence-corrected chi connectivity index (χ1v) is 8.79. The molecule has 2 amide bonds. The van der Waals surface area contributed by atoms with E-state index in [1.807, 2.05) is 53.2 Å². The van der Waals surface area contributed by atoms with Crippen LogP contribution in [0.1, 0.15) is 5.56 Å². The minimum absolute atomic E-state index is 0.235. The summed E-state index contributed by atoms with van der Waals surface area (Å²) in [4.78, 5) is 28.8. The second-order valence-electron chi connectivity index (χ2n) is 6.45. The summed E-state index contributed by atoms with van der Waals surface area (Å²) in [5.41, 5.74) is 2.11. The van der Waals surface area contributed by atoms with Gasteiger partial charge in [-0.3, -0.25) is 9.59 Å². The number of rotatable bonds is 5. The molecule has 140 valence electrons. The Morgan fingerprint density at radius 3 is 2.57 bits per heavy atom. The smallest absolute Gasteiger partial charge is 0.264 e. The molecule has 3 aromatic rings. The van der Waals surface area contributed by atoms with Gasteiger partial charge in [0.15, 0.2) is 0 Å². The van der Waals surface area contributed by atoms with Gasteiger partial charge in [0.25, 0.3) is 11.8 Å². The fraction of sp³-hybridized carbons (Fsp3) is 0.0952. The van der Waals surface area contributed by atoms with Crippen molar-refractivity contribution in [3.8, 4) is 5.69 Å². The van der Waals surface area contributed by atoms with Gasteiger partial charge in [-0.25, -0.2) is 4.98 Å². The van der Waals surface area contributed by atoms with E-state index in [-0.39, 0.29) is 11.3 Å². The summed E-state index contributed by atoms with van der Waals surface area (Å²) in [6.45, 7) is 0. The maximum absolute atomic E-state index is 12.5. The number of anilines is 1. The molecular weight excluding hydrogens is 356 g/mol. The Balaban J connectivity index is 1.48. The SMILES string of the molecule is O=C(Nc1ccc(-n2ccnc2)cc1)C1=C(O)C(Cc2ccccc2)NC1=O. The molecule has 0 aliphatic carbocycles. The van der Waals surface area contributed by atoms with E-state index in [0.29, 0.717) is 12.1 Å². The molecule has 0 bridgehead atoms. The van der Waals surface area contributed by atoms with Crippen molar-refractivity contribution < 1.29 is 14.7 Å². The predicted molar refractivity (Wildman–Crippen MR) is 104 cm³/mol. The number of nitrogens with one attached hydrogen (secondary N) is 2. The molecule has 0 radical (unpaired) electrons. The Hall–Kier alpha value is -3.87. The Kier molecular flexibility index (Phi) is 4.63. The number of hydrogen-bond donors (Lipinski definition) is 3. The second-order valence-corrected chi connectivity index (χ2v) is 6.45. The van der Waals surface area contributed by atoms with Crippen molar-refractivity contribution in [1.29, 1.82) is 0 Å². The first-order valence-electron chi connectivity index (χ1n) is 8.79. The Morgan fingerprint density at radius 2 is 1.89 bits per heavy atom. The summed E-state index contributed by atoms with van der Waals surface area (Å²) in [6, 6.07) is 15.9.